The number of hydrogen-bond donors (Lipinski definition) is 0. The number of para-hydroxylation sites is 1. The molecule has 4 rings (SSSR count). The molecule has 1 aromatic heterocycles. The van der Waals surface area contributed by atoms with E-state index < -0.39 is 5.83 Å². The topological polar surface area (TPSA) is 48.8 Å². The minimum Gasteiger partial charge on any atom is -0.362 e. The second-order valence-corrected chi connectivity index (χ2v) is 8.61. The zero-order valence-corrected chi connectivity index (χ0v) is 19.0. The number of halogens is 2. The molecule has 5 nitrogen and oxygen atoms in total. The van der Waals surface area contributed by atoms with E-state index >= 15 is 4.39 Å². The number of amides is 1. The predicted molar refractivity (Wildman–Crippen MR) is 131 cm³/mol. The summed E-state index contributed by atoms with van der Waals surface area (Å²) in [7, 11) is 0. The fraction of sp³-hybridized carbons (Fsp3) is 0.208. The number of piperazine rings is 1. The Kier molecular flexibility index (Phi) is 6.77. The van der Waals surface area contributed by atoms with Gasteiger partial charge in [0, 0.05) is 72.3 Å². The number of rotatable bonds is 5. The highest BCUT2D eigenvalue weighted by Crippen LogP contribution is 2.38. The van der Waals surface area contributed by atoms with Gasteiger partial charge in [0.25, 0.3) is 0 Å². The summed E-state index contributed by atoms with van der Waals surface area (Å²) in [5.74, 6) is -0.519. The quantitative estimate of drug-likeness (QED) is 0.439. The summed E-state index contributed by atoms with van der Waals surface area (Å²) >= 11 is 7.57. The van der Waals surface area contributed by atoms with Crippen molar-refractivity contribution in [2.24, 2.45) is 4.40 Å². The van der Waals surface area contributed by atoms with Gasteiger partial charge in [0.15, 0.2) is 5.83 Å². The Morgan fingerprint density at radius 3 is 2.66 bits per heavy atom. The number of fused-ring (bicyclic) bond motifs is 1. The van der Waals surface area contributed by atoms with Gasteiger partial charge in [0.05, 0.1) is 16.3 Å². The highest BCUT2D eigenvalue weighted by Gasteiger charge is 2.25. The largest absolute Gasteiger partial charge is 0.362 e. The molecular weight excluding hydrogens is 447 g/mol. The molecule has 0 atom stereocenters. The van der Waals surface area contributed by atoms with Crippen LogP contribution in [0.25, 0.3) is 16.5 Å². The molecule has 0 unspecified atom stereocenters. The van der Waals surface area contributed by atoms with Gasteiger partial charge < -0.3 is 9.80 Å². The summed E-state index contributed by atoms with van der Waals surface area (Å²) in [6.07, 6.45) is 5.07. The second-order valence-electron chi connectivity index (χ2n) is 7.37. The summed E-state index contributed by atoms with van der Waals surface area (Å²) in [4.78, 5) is 20.0. The van der Waals surface area contributed by atoms with Crippen LogP contribution in [0.15, 0.2) is 82.1 Å². The lowest BCUT2D eigenvalue weighted by molar-refractivity contribution is -0.127. The summed E-state index contributed by atoms with van der Waals surface area (Å²) in [5.41, 5.74) is 1.95. The standard InChI is InChI=1S/C24H22ClFN4OS/c1-3-21(31)30-14-12-29(13-15-30)16(2)32-28-20-10-9-19(25)22(23(20)26)18-8-4-6-17-7-5-11-27-24(17)18/h3-9,11H,1-2,10,12-15H2. The maximum atomic E-state index is 15.5. The highest BCUT2D eigenvalue weighted by atomic mass is 35.5. The van der Waals surface area contributed by atoms with Gasteiger partial charge in [-0.05, 0) is 12.1 Å². The molecule has 1 amide bonds. The molecule has 32 heavy (non-hydrogen) atoms. The van der Waals surface area contributed by atoms with E-state index in [9.17, 15) is 4.79 Å². The van der Waals surface area contributed by atoms with Gasteiger partial charge in [-0.25, -0.2) is 8.79 Å². The SMILES string of the molecule is C=CC(=O)N1CCN(C(=C)SN=C2CC=C(Cl)C(c3cccc4cccnc34)=C2F)CC1. The first kappa shape index (κ1) is 22.3. The number of benzene rings is 1. The van der Waals surface area contributed by atoms with E-state index in [1.165, 1.54) is 6.08 Å². The molecule has 0 N–H and O–H groups in total. The third kappa shape index (κ3) is 4.49. The molecule has 2 aliphatic rings. The number of hydrogen-bond acceptors (Lipinski definition) is 5. The molecule has 164 valence electrons. The summed E-state index contributed by atoms with van der Waals surface area (Å²) in [6.45, 7) is 10.1. The van der Waals surface area contributed by atoms with Crippen LogP contribution >= 0.6 is 23.5 Å². The number of carbonyl (C=O) groups is 1. The van der Waals surface area contributed by atoms with Crippen molar-refractivity contribution in [3.8, 4) is 0 Å². The van der Waals surface area contributed by atoms with E-state index in [0.29, 0.717) is 65.0 Å². The summed E-state index contributed by atoms with van der Waals surface area (Å²) < 4.78 is 20.0. The van der Waals surface area contributed by atoms with Gasteiger partial charge in [0.1, 0.15) is 0 Å². The van der Waals surface area contributed by atoms with Gasteiger partial charge >= 0.3 is 0 Å². The van der Waals surface area contributed by atoms with Crippen LogP contribution in [0, 0.1) is 0 Å². The molecule has 2 aromatic rings. The molecule has 1 fully saturated rings. The molecule has 1 aliphatic heterocycles. The van der Waals surface area contributed by atoms with Gasteiger partial charge in [-0.2, -0.15) is 0 Å². The number of allylic oxidation sites excluding steroid dienone is 4. The first-order valence-electron chi connectivity index (χ1n) is 10.2. The Labute approximate surface area is 195 Å². The highest BCUT2D eigenvalue weighted by molar-refractivity contribution is 8.01. The van der Waals surface area contributed by atoms with Crippen LogP contribution in [0.2, 0.25) is 0 Å². The summed E-state index contributed by atoms with van der Waals surface area (Å²) in [6, 6.07) is 9.39. The van der Waals surface area contributed by atoms with Crippen molar-refractivity contribution in [2.45, 2.75) is 6.42 Å². The van der Waals surface area contributed by atoms with E-state index in [-0.39, 0.29) is 5.91 Å². The van der Waals surface area contributed by atoms with Crippen molar-refractivity contribution in [2.75, 3.05) is 26.2 Å². The Hall–Kier alpha value is -2.90. The number of pyridine rings is 1. The van der Waals surface area contributed by atoms with Crippen LogP contribution in [0.5, 0.6) is 0 Å². The van der Waals surface area contributed by atoms with Crippen molar-refractivity contribution in [3.63, 3.8) is 0 Å². The van der Waals surface area contributed by atoms with Gasteiger partial charge in [-0.15, -0.1) is 0 Å². The molecule has 2 heterocycles. The molecule has 0 saturated carbocycles. The number of aromatic nitrogens is 1. The normalized spacial score (nSPS) is 18.2. The van der Waals surface area contributed by atoms with E-state index in [0.717, 1.165) is 17.3 Å². The van der Waals surface area contributed by atoms with Crippen LogP contribution < -0.4 is 0 Å². The zero-order valence-electron chi connectivity index (χ0n) is 17.4. The molecule has 1 aromatic carbocycles. The molecule has 1 aliphatic carbocycles. The first-order valence-corrected chi connectivity index (χ1v) is 11.3. The molecule has 0 spiro atoms. The van der Waals surface area contributed by atoms with Crippen molar-refractivity contribution in [1.82, 2.24) is 14.8 Å². The van der Waals surface area contributed by atoms with Gasteiger partial charge in [0.2, 0.25) is 5.91 Å². The van der Waals surface area contributed by atoms with Gasteiger partial charge in [-0.3, -0.25) is 9.78 Å². The lowest BCUT2D eigenvalue weighted by Gasteiger charge is -2.35. The molecule has 1 saturated heterocycles. The smallest absolute Gasteiger partial charge is 0.246 e. The van der Waals surface area contributed by atoms with E-state index in [2.05, 4.69) is 22.5 Å². The van der Waals surface area contributed by atoms with Crippen LogP contribution in [0.3, 0.4) is 0 Å². The lowest BCUT2D eigenvalue weighted by Crippen LogP contribution is -2.47. The van der Waals surface area contributed by atoms with Gasteiger partial charge in [-0.1, -0.05) is 55.1 Å². The van der Waals surface area contributed by atoms with Crippen LogP contribution in [-0.4, -0.2) is 52.6 Å². The van der Waals surface area contributed by atoms with Crippen molar-refractivity contribution in [3.05, 3.63) is 83.3 Å². The van der Waals surface area contributed by atoms with E-state index in [1.807, 2.05) is 35.2 Å². The average Bonchev–Trinajstić information content (AvgIpc) is 2.83. The monoisotopic (exact) mass is 468 g/mol. The predicted octanol–water partition coefficient (Wildman–Crippen LogP) is 5.33. The maximum Gasteiger partial charge on any atom is 0.246 e. The van der Waals surface area contributed by atoms with Crippen molar-refractivity contribution >= 4 is 51.6 Å². The number of nitrogens with zero attached hydrogens (tertiary/aromatic N) is 4. The fourth-order valence-corrected chi connectivity index (χ4v) is 4.66. The van der Waals surface area contributed by atoms with Crippen molar-refractivity contribution in [1.29, 1.82) is 0 Å². The minimum atomic E-state index is -0.447. The maximum absolute atomic E-state index is 15.5. The first-order chi connectivity index (χ1) is 15.5. The van der Waals surface area contributed by atoms with Crippen LogP contribution in [-0.2, 0) is 4.79 Å². The molecule has 0 radical (unpaired) electrons. The Bertz CT molecular complexity index is 1180. The zero-order chi connectivity index (χ0) is 22.7. The lowest BCUT2D eigenvalue weighted by atomic mass is 9.95. The molecule has 0 bridgehead atoms. The minimum absolute atomic E-state index is 0.0725. The molecular formula is C24H22ClFN4OS. The van der Waals surface area contributed by atoms with E-state index in [4.69, 9.17) is 11.6 Å². The van der Waals surface area contributed by atoms with E-state index in [1.54, 1.807) is 17.2 Å². The third-order valence-corrected chi connectivity index (χ3v) is 6.59. The van der Waals surface area contributed by atoms with Crippen molar-refractivity contribution < 1.29 is 9.18 Å². The summed E-state index contributed by atoms with van der Waals surface area (Å²) in [5, 5.41) is 1.98. The second kappa shape index (κ2) is 9.71. The van der Waals surface area contributed by atoms with Crippen LogP contribution in [0.4, 0.5) is 4.39 Å². The third-order valence-electron chi connectivity index (χ3n) is 5.47. The number of carbonyl (C=O) groups excluding carboxylic acids is 1. The van der Waals surface area contributed by atoms with Crippen LogP contribution in [0.1, 0.15) is 12.0 Å². The Balaban J connectivity index is 1.53. The molecule has 8 heteroatoms. The fourth-order valence-electron chi connectivity index (χ4n) is 3.73. The Morgan fingerprint density at radius 1 is 1.19 bits per heavy atom. The average molecular weight is 469 g/mol. The Morgan fingerprint density at radius 2 is 1.91 bits per heavy atom.